The average Bonchev–Trinajstić information content (AvgIpc) is 2.79. The van der Waals surface area contributed by atoms with E-state index in [-0.39, 0.29) is 0 Å². The van der Waals surface area contributed by atoms with Gasteiger partial charge in [-0.15, -0.1) is 0 Å². The third-order valence-electron chi connectivity index (χ3n) is 3.27. The molecule has 1 atom stereocenters. The maximum Gasteiger partial charge on any atom is 0.188 e. The van der Waals surface area contributed by atoms with Crippen LogP contribution in [0.15, 0.2) is 29.3 Å². The van der Waals surface area contributed by atoms with Crippen molar-refractivity contribution in [1.82, 2.24) is 5.32 Å². The first kappa shape index (κ1) is 11.8. The van der Waals surface area contributed by atoms with E-state index in [1.165, 1.54) is 11.3 Å². The third-order valence-corrected chi connectivity index (χ3v) is 3.27. The van der Waals surface area contributed by atoms with Crippen molar-refractivity contribution in [3.05, 3.63) is 29.8 Å². The molecule has 0 bridgehead atoms. The molecule has 4 nitrogen and oxygen atoms in total. The number of hydrogen-bond acceptors (Lipinski definition) is 2. The normalized spacial score (nSPS) is 16.8. The van der Waals surface area contributed by atoms with Gasteiger partial charge in [0.15, 0.2) is 5.96 Å². The van der Waals surface area contributed by atoms with Crippen molar-refractivity contribution < 1.29 is 0 Å². The number of nitrogens with two attached hydrogens (primary N) is 1. The molecule has 0 spiro atoms. The van der Waals surface area contributed by atoms with Gasteiger partial charge in [-0.1, -0.05) is 18.2 Å². The fourth-order valence-corrected chi connectivity index (χ4v) is 2.26. The van der Waals surface area contributed by atoms with E-state index in [0.29, 0.717) is 12.0 Å². The standard InChI is InChI=1S/C13H20N4/c1-10(9-16-13(14)15-2)17-8-7-11-5-3-4-6-12(11)17/h3-6,10H,7-9H2,1-2H3,(H3,14,15,16). The minimum Gasteiger partial charge on any atom is -0.370 e. The van der Waals surface area contributed by atoms with Gasteiger partial charge in [-0.2, -0.15) is 0 Å². The van der Waals surface area contributed by atoms with Gasteiger partial charge in [-0.25, -0.2) is 0 Å². The lowest BCUT2D eigenvalue weighted by molar-refractivity contribution is 0.632. The minimum absolute atomic E-state index is 0.416. The van der Waals surface area contributed by atoms with Gasteiger partial charge in [0.1, 0.15) is 0 Å². The van der Waals surface area contributed by atoms with Gasteiger partial charge in [-0.05, 0) is 25.0 Å². The van der Waals surface area contributed by atoms with Crippen molar-refractivity contribution >= 4 is 11.6 Å². The Bertz CT molecular complexity index is 414. The molecular weight excluding hydrogens is 212 g/mol. The first-order valence-corrected chi connectivity index (χ1v) is 6.03. The minimum atomic E-state index is 0.416. The second-order valence-corrected chi connectivity index (χ2v) is 4.41. The van der Waals surface area contributed by atoms with Gasteiger partial charge in [0.2, 0.25) is 0 Å². The molecule has 0 aliphatic carbocycles. The highest BCUT2D eigenvalue weighted by atomic mass is 15.2. The van der Waals surface area contributed by atoms with Crippen LogP contribution in [0.4, 0.5) is 5.69 Å². The Balaban J connectivity index is 2.00. The summed E-state index contributed by atoms with van der Waals surface area (Å²) in [5, 5.41) is 3.13. The molecule has 92 valence electrons. The molecule has 1 heterocycles. The lowest BCUT2D eigenvalue weighted by Gasteiger charge is -2.27. The molecule has 17 heavy (non-hydrogen) atoms. The van der Waals surface area contributed by atoms with Crippen molar-refractivity contribution in [3.8, 4) is 0 Å². The predicted octanol–water partition coefficient (Wildman–Crippen LogP) is 0.972. The SMILES string of the molecule is CN=C(N)NCC(C)N1CCc2ccccc21. The summed E-state index contributed by atoms with van der Waals surface area (Å²) < 4.78 is 0. The van der Waals surface area contributed by atoms with E-state index >= 15 is 0 Å². The molecule has 0 saturated carbocycles. The number of anilines is 1. The number of rotatable bonds is 3. The van der Waals surface area contributed by atoms with Gasteiger partial charge < -0.3 is 16.0 Å². The molecule has 0 fully saturated rings. The van der Waals surface area contributed by atoms with Crippen LogP contribution in [-0.4, -0.2) is 32.1 Å². The molecule has 1 aromatic carbocycles. The van der Waals surface area contributed by atoms with E-state index in [0.717, 1.165) is 19.5 Å². The van der Waals surface area contributed by atoms with Crippen molar-refractivity contribution in [2.45, 2.75) is 19.4 Å². The van der Waals surface area contributed by atoms with Gasteiger partial charge in [-0.3, -0.25) is 4.99 Å². The Morgan fingerprint density at radius 3 is 3.06 bits per heavy atom. The molecule has 0 aromatic heterocycles. The number of para-hydroxylation sites is 1. The van der Waals surface area contributed by atoms with Crippen molar-refractivity contribution in [2.75, 3.05) is 25.0 Å². The number of aliphatic imine (C=N–C) groups is 1. The fraction of sp³-hybridized carbons (Fsp3) is 0.462. The predicted molar refractivity (Wildman–Crippen MR) is 72.5 cm³/mol. The van der Waals surface area contributed by atoms with Crippen LogP contribution in [-0.2, 0) is 6.42 Å². The molecule has 0 saturated heterocycles. The first-order chi connectivity index (χ1) is 8.22. The molecule has 1 aliphatic rings. The van der Waals surface area contributed by atoms with E-state index < -0.39 is 0 Å². The lowest BCUT2D eigenvalue weighted by atomic mass is 10.2. The Kier molecular flexibility index (Phi) is 3.52. The highest BCUT2D eigenvalue weighted by Crippen LogP contribution is 2.28. The molecule has 4 heteroatoms. The van der Waals surface area contributed by atoms with Crippen LogP contribution in [0.3, 0.4) is 0 Å². The molecule has 0 amide bonds. The molecule has 1 unspecified atom stereocenters. The van der Waals surface area contributed by atoms with Crippen LogP contribution in [0, 0.1) is 0 Å². The smallest absolute Gasteiger partial charge is 0.188 e. The monoisotopic (exact) mass is 232 g/mol. The van der Waals surface area contributed by atoms with Crippen LogP contribution < -0.4 is 16.0 Å². The van der Waals surface area contributed by atoms with Gasteiger partial charge in [0.05, 0.1) is 0 Å². The van der Waals surface area contributed by atoms with Crippen molar-refractivity contribution in [2.24, 2.45) is 10.7 Å². The summed E-state index contributed by atoms with van der Waals surface area (Å²) in [7, 11) is 1.69. The number of nitrogens with one attached hydrogen (secondary N) is 1. The van der Waals surface area contributed by atoms with Crippen LogP contribution in [0.1, 0.15) is 12.5 Å². The van der Waals surface area contributed by atoms with Crippen LogP contribution in [0.2, 0.25) is 0 Å². The quantitative estimate of drug-likeness (QED) is 0.603. The Labute approximate surface area is 103 Å². The summed E-state index contributed by atoms with van der Waals surface area (Å²) in [5.74, 6) is 0.504. The number of benzene rings is 1. The van der Waals surface area contributed by atoms with E-state index in [1.54, 1.807) is 7.05 Å². The van der Waals surface area contributed by atoms with E-state index in [1.807, 2.05) is 0 Å². The fourth-order valence-electron chi connectivity index (χ4n) is 2.26. The zero-order valence-corrected chi connectivity index (χ0v) is 10.5. The second-order valence-electron chi connectivity index (χ2n) is 4.41. The number of hydrogen-bond donors (Lipinski definition) is 2. The lowest BCUT2D eigenvalue weighted by Crippen LogP contribution is -2.43. The summed E-state index contributed by atoms with van der Waals surface area (Å²) in [6, 6.07) is 9.01. The summed E-state index contributed by atoms with van der Waals surface area (Å²) in [6.45, 7) is 4.11. The van der Waals surface area contributed by atoms with Crippen molar-refractivity contribution in [3.63, 3.8) is 0 Å². The average molecular weight is 232 g/mol. The van der Waals surface area contributed by atoms with Crippen LogP contribution in [0.5, 0.6) is 0 Å². The maximum absolute atomic E-state index is 5.63. The molecule has 1 aliphatic heterocycles. The number of nitrogens with zero attached hydrogens (tertiary/aromatic N) is 2. The Morgan fingerprint density at radius 1 is 1.53 bits per heavy atom. The van der Waals surface area contributed by atoms with Crippen LogP contribution >= 0.6 is 0 Å². The van der Waals surface area contributed by atoms with Crippen LogP contribution in [0.25, 0.3) is 0 Å². The zero-order valence-electron chi connectivity index (χ0n) is 10.5. The molecule has 1 aromatic rings. The maximum atomic E-state index is 5.63. The van der Waals surface area contributed by atoms with Gasteiger partial charge >= 0.3 is 0 Å². The van der Waals surface area contributed by atoms with E-state index in [4.69, 9.17) is 5.73 Å². The number of fused-ring (bicyclic) bond motifs is 1. The highest BCUT2D eigenvalue weighted by molar-refractivity contribution is 5.77. The summed E-state index contributed by atoms with van der Waals surface area (Å²) >= 11 is 0. The molecule has 2 rings (SSSR count). The molecule has 0 radical (unpaired) electrons. The topological polar surface area (TPSA) is 53.6 Å². The first-order valence-electron chi connectivity index (χ1n) is 6.03. The second kappa shape index (κ2) is 5.08. The molecule has 3 N–H and O–H groups in total. The number of guanidine groups is 1. The largest absolute Gasteiger partial charge is 0.370 e. The summed E-state index contributed by atoms with van der Waals surface area (Å²) in [5.41, 5.74) is 8.43. The Morgan fingerprint density at radius 2 is 2.29 bits per heavy atom. The highest BCUT2D eigenvalue weighted by Gasteiger charge is 2.22. The third kappa shape index (κ3) is 2.52. The van der Waals surface area contributed by atoms with E-state index in [9.17, 15) is 0 Å². The summed E-state index contributed by atoms with van der Waals surface area (Å²) in [6.07, 6.45) is 1.14. The van der Waals surface area contributed by atoms with Gasteiger partial charge in [0, 0.05) is 31.9 Å². The van der Waals surface area contributed by atoms with Gasteiger partial charge in [0.25, 0.3) is 0 Å². The van der Waals surface area contributed by atoms with Crippen molar-refractivity contribution in [1.29, 1.82) is 0 Å². The zero-order chi connectivity index (χ0) is 12.3. The molecular formula is C13H20N4. The Hall–Kier alpha value is -1.71. The van der Waals surface area contributed by atoms with E-state index in [2.05, 4.69) is 46.4 Å². The summed E-state index contributed by atoms with van der Waals surface area (Å²) in [4.78, 5) is 6.32.